The number of hydrogen-bond acceptors (Lipinski definition) is 6. The molecular formula is C21H29FN6O. The molecule has 4 N–H and O–H groups in total. The Bertz CT molecular complexity index is 857. The monoisotopic (exact) mass is 400 g/mol. The third-order valence-corrected chi connectivity index (χ3v) is 4.67. The first-order valence-corrected chi connectivity index (χ1v) is 9.90. The molecule has 0 radical (unpaired) electrons. The van der Waals surface area contributed by atoms with Crippen LogP contribution in [0.25, 0.3) is 0 Å². The first-order valence-electron chi connectivity index (χ1n) is 9.90. The number of aromatic nitrogens is 2. The van der Waals surface area contributed by atoms with Crippen molar-refractivity contribution in [3.63, 3.8) is 0 Å². The number of rotatable bonds is 9. The van der Waals surface area contributed by atoms with Crippen LogP contribution in [0.15, 0.2) is 36.7 Å². The van der Waals surface area contributed by atoms with Crippen LogP contribution in [0.4, 0.5) is 21.8 Å². The van der Waals surface area contributed by atoms with Crippen molar-refractivity contribution in [2.75, 3.05) is 23.8 Å². The summed E-state index contributed by atoms with van der Waals surface area (Å²) in [5, 5.41) is 17.5. The molecule has 1 aromatic heterocycles. The average Bonchev–Trinajstić information content (AvgIpc) is 3.00. The second-order valence-electron chi connectivity index (χ2n) is 7.56. The molecule has 3 rings (SSSR count). The molecule has 0 aliphatic carbocycles. The summed E-state index contributed by atoms with van der Waals surface area (Å²) < 4.78 is 21.5. The van der Waals surface area contributed by atoms with Gasteiger partial charge in [0.05, 0.1) is 11.5 Å². The molecular weight excluding hydrogens is 371 g/mol. The molecule has 1 fully saturated rings. The molecule has 1 aliphatic heterocycles. The lowest BCUT2D eigenvalue weighted by Crippen LogP contribution is -2.36. The highest BCUT2D eigenvalue weighted by Gasteiger charge is 2.20. The fourth-order valence-corrected chi connectivity index (χ4v) is 3.29. The summed E-state index contributed by atoms with van der Waals surface area (Å²) in [4.78, 5) is 4.51. The molecule has 2 aromatic rings. The van der Waals surface area contributed by atoms with Gasteiger partial charge in [-0.05, 0) is 30.9 Å². The largest absolute Gasteiger partial charge is 0.381 e. The van der Waals surface area contributed by atoms with Crippen molar-refractivity contribution in [1.82, 2.24) is 14.9 Å². The molecule has 8 heteroatoms. The fraction of sp³-hybridized carbons (Fsp3) is 0.429. The quantitative estimate of drug-likeness (QED) is 0.477. The zero-order valence-electron chi connectivity index (χ0n) is 17.0. The molecule has 0 bridgehead atoms. The van der Waals surface area contributed by atoms with Gasteiger partial charge in [0.1, 0.15) is 17.3 Å². The van der Waals surface area contributed by atoms with Gasteiger partial charge in [0.15, 0.2) is 0 Å². The van der Waals surface area contributed by atoms with Crippen molar-refractivity contribution < 1.29 is 9.13 Å². The van der Waals surface area contributed by atoms with Gasteiger partial charge >= 0.3 is 0 Å². The van der Waals surface area contributed by atoms with Crippen molar-refractivity contribution in [2.45, 2.75) is 39.3 Å². The molecule has 0 spiro atoms. The molecule has 156 valence electrons. The van der Waals surface area contributed by atoms with Gasteiger partial charge in [0.2, 0.25) is 5.95 Å². The predicted molar refractivity (Wildman–Crippen MR) is 114 cm³/mol. The van der Waals surface area contributed by atoms with Crippen molar-refractivity contribution >= 4 is 23.7 Å². The van der Waals surface area contributed by atoms with E-state index in [2.05, 4.69) is 41.4 Å². The summed E-state index contributed by atoms with van der Waals surface area (Å²) >= 11 is 0. The molecule has 0 amide bonds. The van der Waals surface area contributed by atoms with E-state index in [0.29, 0.717) is 47.5 Å². The van der Waals surface area contributed by atoms with Crippen LogP contribution in [-0.4, -0.2) is 35.0 Å². The maximum Gasteiger partial charge on any atom is 0.209 e. The number of imidazole rings is 1. The highest BCUT2D eigenvalue weighted by atomic mass is 19.1. The van der Waals surface area contributed by atoms with Gasteiger partial charge in [-0.25, -0.2) is 9.37 Å². The minimum Gasteiger partial charge on any atom is -0.381 e. The smallest absolute Gasteiger partial charge is 0.209 e. The lowest BCUT2D eigenvalue weighted by Gasteiger charge is -2.26. The van der Waals surface area contributed by atoms with Crippen molar-refractivity contribution in [2.24, 2.45) is 5.92 Å². The molecule has 0 saturated carbocycles. The summed E-state index contributed by atoms with van der Waals surface area (Å²) in [6.07, 6.45) is 3.03. The second-order valence-corrected chi connectivity index (χ2v) is 7.56. The third-order valence-electron chi connectivity index (χ3n) is 4.67. The van der Waals surface area contributed by atoms with E-state index in [1.807, 2.05) is 4.57 Å². The summed E-state index contributed by atoms with van der Waals surface area (Å²) in [7, 11) is 0. The number of halogens is 1. The highest BCUT2D eigenvalue weighted by molar-refractivity contribution is 5.84. The molecule has 29 heavy (non-hydrogen) atoms. The Morgan fingerprint density at radius 2 is 2.10 bits per heavy atom. The fourth-order valence-electron chi connectivity index (χ4n) is 3.29. The van der Waals surface area contributed by atoms with Crippen LogP contribution in [0, 0.1) is 17.1 Å². The normalized spacial score (nSPS) is 14.6. The number of anilines is 3. The number of para-hydroxylation sites is 1. The Balaban J connectivity index is 1.86. The summed E-state index contributed by atoms with van der Waals surface area (Å²) in [5.74, 6) is 1.73. The van der Waals surface area contributed by atoms with E-state index in [4.69, 9.17) is 10.1 Å². The van der Waals surface area contributed by atoms with Crippen LogP contribution in [-0.2, 0) is 11.3 Å². The van der Waals surface area contributed by atoms with E-state index in [1.54, 1.807) is 18.2 Å². The maximum absolute atomic E-state index is 14.1. The average molecular weight is 401 g/mol. The molecule has 0 unspecified atom stereocenters. The molecule has 1 aliphatic rings. The number of ether oxygens (including phenoxy) is 1. The highest BCUT2D eigenvalue weighted by Crippen LogP contribution is 2.27. The van der Waals surface area contributed by atoms with Gasteiger partial charge in [0, 0.05) is 32.0 Å². The van der Waals surface area contributed by atoms with E-state index in [-0.39, 0.29) is 5.82 Å². The van der Waals surface area contributed by atoms with Crippen molar-refractivity contribution in [1.29, 1.82) is 5.41 Å². The van der Waals surface area contributed by atoms with Crippen molar-refractivity contribution in [3.05, 3.63) is 48.2 Å². The van der Waals surface area contributed by atoms with Crippen molar-refractivity contribution in [3.8, 4) is 0 Å². The number of benzene rings is 1. The number of nitrogens with one attached hydrogen (secondary N) is 4. The molecule has 1 aromatic carbocycles. The predicted octanol–water partition coefficient (Wildman–Crippen LogP) is 4.07. The Kier molecular flexibility index (Phi) is 6.87. The number of nitrogens with zero attached hydrogens (tertiary/aromatic N) is 2. The minimum absolute atomic E-state index is 0.296. The maximum atomic E-state index is 14.1. The Morgan fingerprint density at radius 1 is 1.38 bits per heavy atom. The lowest BCUT2D eigenvalue weighted by atomic mass is 10.1. The van der Waals surface area contributed by atoms with Crippen LogP contribution in [0.3, 0.4) is 0 Å². The van der Waals surface area contributed by atoms with Crippen LogP contribution in [0.5, 0.6) is 0 Å². The van der Waals surface area contributed by atoms with E-state index in [9.17, 15) is 4.39 Å². The van der Waals surface area contributed by atoms with Crippen LogP contribution in [0.1, 0.15) is 32.4 Å². The van der Waals surface area contributed by atoms with Gasteiger partial charge in [-0.15, -0.1) is 0 Å². The van der Waals surface area contributed by atoms with Crippen LogP contribution < -0.4 is 16.0 Å². The van der Waals surface area contributed by atoms with Crippen LogP contribution >= 0.6 is 0 Å². The first-order chi connectivity index (χ1) is 14.0. The van der Waals surface area contributed by atoms with Gasteiger partial charge < -0.3 is 26.1 Å². The SMILES string of the molecule is C=C(Nc1c(C=N)nc(Nc2ccccc2F)n1CC(C)C)NC1CCOCC1. The number of hydrogen-bond donors (Lipinski definition) is 4. The lowest BCUT2D eigenvalue weighted by molar-refractivity contribution is 0.0805. The Labute approximate surface area is 170 Å². The second kappa shape index (κ2) is 9.56. The van der Waals surface area contributed by atoms with Gasteiger partial charge in [-0.1, -0.05) is 32.6 Å². The molecule has 2 heterocycles. The van der Waals surface area contributed by atoms with Gasteiger partial charge in [-0.2, -0.15) is 0 Å². The molecule has 7 nitrogen and oxygen atoms in total. The van der Waals surface area contributed by atoms with Crippen LogP contribution in [0.2, 0.25) is 0 Å². The zero-order chi connectivity index (χ0) is 20.8. The summed E-state index contributed by atoms with van der Waals surface area (Å²) in [6.45, 7) is 10.4. The van der Waals surface area contributed by atoms with E-state index in [0.717, 1.165) is 26.1 Å². The Hall–Kier alpha value is -2.87. The topological polar surface area (TPSA) is 87.0 Å². The summed E-state index contributed by atoms with van der Waals surface area (Å²) in [6, 6.07) is 6.76. The molecule has 0 atom stereocenters. The molecule has 1 saturated heterocycles. The van der Waals surface area contributed by atoms with E-state index >= 15 is 0 Å². The third kappa shape index (κ3) is 5.35. The zero-order valence-corrected chi connectivity index (χ0v) is 17.0. The van der Waals surface area contributed by atoms with Gasteiger partial charge in [0.25, 0.3) is 0 Å². The minimum atomic E-state index is -0.358. The first kappa shape index (κ1) is 20.9. The Morgan fingerprint density at radius 3 is 2.76 bits per heavy atom. The standard InChI is InChI=1S/C21H29FN6O/c1-14(2)13-28-20(25-15(3)24-16-8-10-29-11-9-16)19(12-23)27-21(28)26-18-7-5-4-6-17(18)22/h4-7,12,14,16,23-25H,3,8-11,13H2,1-2H3,(H,26,27). The van der Waals surface area contributed by atoms with Gasteiger partial charge in [-0.3, -0.25) is 4.57 Å². The van der Waals surface area contributed by atoms with E-state index in [1.165, 1.54) is 12.3 Å². The summed E-state index contributed by atoms with van der Waals surface area (Å²) in [5.41, 5.74) is 0.796. The van der Waals surface area contributed by atoms with E-state index < -0.39 is 0 Å².